The van der Waals surface area contributed by atoms with Crippen LogP contribution in [0.2, 0.25) is 0 Å². The van der Waals surface area contributed by atoms with Crippen molar-refractivity contribution in [1.82, 2.24) is 9.97 Å². The number of rotatable bonds is 2. The first kappa shape index (κ1) is 20.6. The topological polar surface area (TPSA) is 47.5 Å². The third-order valence-electron chi connectivity index (χ3n) is 5.73. The Hall–Kier alpha value is -3.95. The third-order valence-corrected chi connectivity index (χ3v) is 5.73. The van der Waals surface area contributed by atoms with Crippen molar-refractivity contribution in [3.8, 4) is 45.5 Å². The van der Waals surface area contributed by atoms with Gasteiger partial charge < -0.3 is 24.3 Å². The molecule has 2 aromatic heterocycles. The summed E-state index contributed by atoms with van der Waals surface area (Å²) in [6, 6.07) is 32.4. The molecule has 5 nitrogen and oxygen atoms in total. The number of nitrogens with zero attached hydrogens (tertiary/aromatic N) is 3. The number of benzene rings is 3. The Kier molecular flexibility index (Phi) is 4.93. The van der Waals surface area contributed by atoms with E-state index in [1.54, 1.807) is 12.4 Å². The van der Waals surface area contributed by atoms with E-state index in [2.05, 4.69) is 27.0 Å². The first-order valence-electron chi connectivity index (χ1n) is 10.6. The Labute approximate surface area is 210 Å². The first-order valence-corrected chi connectivity index (χ1v) is 10.6. The second-order valence-corrected chi connectivity index (χ2v) is 7.74. The molecule has 164 valence electrons. The summed E-state index contributed by atoms with van der Waals surface area (Å²) in [7, 11) is 0. The van der Waals surface area contributed by atoms with Crippen LogP contribution in [0.15, 0.2) is 91.3 Å². The van der Waals surface area contributed by atoms with Crippen LogP contribution in [0.1, 0.15) is 0 Å². The molecule has 7 rings (SSSR count). The molecular weight excluding hydrogens is 605 g/mol. The molecule has 5 aromatic rings. The summed E-state index contributed by atoms with van der Waals surface area (Å²) in [6.07, 6.45) is 3.56. The van der Waals surface area contributed by atoms with Crippen LogP contribution in [0.4, 0.5) is 17.1 Å². The Morgan fingerprint density at radius 2 is 1.09 bits per heavy atom. The molecule has 2 aliphatic rings. The van der Waals surface area contributed by atoms with Crippen LogP contribution in [-0.2, 0) is 21.1 Å². The monoisotopic (exact) mass is 620 g/mol. The summed E-state index contributed by atoms with van der Waals surface area (Å²) in [6.45, 7) is 0. The van der Waals surface area contributed by atoms with Gasteiger partial charge in [-0.05, 0) is 35.7 Å². The molecule has 34 heavy (non-hydrogen) atoms. The van der Waals surface area contributed by atoms with Crippen molar-refractivity contribution >= 4 is 17.1 Å². The minimum Gasteiger partial charge on any atom is -0.497 e. The fourth-order valence-electron chi connectivity index (χ4n) is 4.24. The molecule has 6 heteroatoms. The number of anilines is 3. The van der Waals surface area contributed by atoms with Crippen molar-refractivity contribution in [1.29, 1.82) is 0 Å². The minimum absolute atomic E-state index is 0. The second-order valence-electron chi connectivity index (χ2n) is 7.74. The normalized spacial score (nSPS) is 12.3. The number of hydrogen-bond donors (Lipinski definition) is 0. The van der Waals surface area contributed by atoms with Gasteiger partial charge in [0.2, 0.25) is 0 Å². The van der Waals surface area contributed by atoms with Gasteiger partial charge >= 0.3 is 21.1 Å². The van der Waals surface area contributed by atoms with Gasteiger partial charge in [-0.2, -0.15) is 0 Å². The zero-order valence-corrected chi connectivity index (χ0v) is 19.9. The van der Waals surface area contributed by atoms with Crippen molar-refractivity contribution in [3.63, 3.8) is 0 Å². The summed E-state index contributed by atoms with van der Waals surface area (Å²) >= 11 is 0. The Morgan fingerprint density at radius 3 is 1.56 bits per heavy atom. The molecule has 3 aromatic carbocycles. The predicted molar refractivity (Wildman–Crippen MR) is 125 cm³/mol. The van der Waals surface area contributed by atoms with Crippen molar-refractivity contribution in [2.75, 3.05) is 4.90 Å². The molecule has 2 aliphatic heterocycles. The van der Waals surface area contributed by atoms with Crippen LogP contribution in [0.3, 0.4) is 0 Å². The zero-order valence-electron chi connectivity index (χ0n) is 17.6. The van der Waals surface area contributed by atoms with E-state index in [4.69, 9.17) is 9.47 Å². The Bertz CT molecular complexity index is 1410. The van der Waals surface area contributed by atoms with E-state index in [9.17, 15) is 0 Å². The summed E-state index contributed by atoms with van der Waals surface area (Å²) in [5.74, 6) is 2.87. The van der Waals surface area contributed by atoms with Gasteiger partial charge in [0.05, 0.1) is 11.5 Å². The van der Waals surface area contributed by atoms with Crippen LogP contribution in [-0.4, -0.2) is 9.97 Å². The van der Waals surface area contributed by atoms with E-state index in [0.29, 0.717) is 11.5 Å². The van der Waals surface area contributed by atoms with Crippen LogP contribution in [0.25, 0.3) is 22.5 Å². The van der Waals surface area contributed by atoms with Crippen LogP contribution >= 0.6 is 0 Å². The van der Waals surface area contributed by atoms with Gasteiger partial charge in [0.25, 0.3) is 0 Å². The first-order chi connectivity index (χ1) is 16.3. The largest absolute Gasteiger partial charge is 2.00 e. The molecule has 0 saturated carbocycles. The van der Waals surface area contributed by atoms with Gasteiger partial charge in [-0.25, -0.2) is 0 Å². The maximum Gasteiger partial charge on any atom is 2.00 e. The number of para-hydroxylation sites is 1. The smallest absolute Gasteiger partial charge is 0.497 e. The summed E-state index contributed by atoms with van der Waals surface area (Å²) in [5, 5.41) is 0. The SMILES string of the molecule is [Pt+2].[c-]1c(-c2ccccn2)ccc2c1N1c3[c-]c(-c4ccccn4)ccc3Oc3cccc(c31)O2. The van der Waals surface area contributed by atoms with Crippen LogP contribution in [0.5, 0.6) is 23.0 Å². The number of aromatic nitrogens is 2. The van der Waals surface area contributed by atoms with Crippen molar-refractivity contribution in [2.45, 2.75) is 0 Å². The molecule has 0 N–H and O–H groups in total. The van der Waals surface area contributed by atoms with Gasteiger partial charge in [0, 0.05) is 23.8 Å². The molecule has 0 unspecified atom stereocenters. The Balaban J connectivity index is 0.00000217. The summed E-state index contributed by atoms with van der Waals surface area (Å²) < 4.78 is 12.5. The van der Waals surface area contributed by atoms with Gasteiger partial charge in [0.15, 0.2) is 0 Å². The number of ether oxygens (including phenoxy) is 2. The van der Waals surface area contributed by atoms with E-state index in [-0.39, 0.29) is 21.1 Å². The van der Waals surface area contributed by atoms with Gasteiger partial charge in [-0.3, -0.25) is 0 Å². The average Bonchev–Trinajstić information content (AvgIpc) is 2.89. The molecule has 0 aliphatic carbocycles. The quantitative estimate of drug-likeness (QED) is 0.193. The fraction of sp³-hybridized carbons (Fsp3) is 0. The van der Waals surface area contributed by atoms with E-state index >= 15 is 0 Å². The number of fused-ring (bicyclic) bond motifs is 4. The maximum atomic E-state index is 6.25. The number of hydrogen-bond acceptors (Lipinski definition) is 5. The molecule has 0 radical (unpaired) electrons. The van der Waals surface area contributed by atoms with Gasteiger partial charge in [-0.15, -0.1) is 47.5 Å². The molecule has 0 amide bonds. The summed E-state index contributed by atoms with van der Waals surface area (Å²) in [5.41, 5.74) is 5.87. The van der Waals surface area contributed by atoms with Gasteiger partial charge in [-0.1, -0.05) is 30.3 Å². The van der Waals surface area contributed by atoms with Gasteiger partial charge in [0.1, 0.15) is 17.2 Å². The fourth-order valence-corrected chi connectivity index (χ4v) is 4.24. The van der Waals surface area contributed by atoms with Crippen LogP contribution in [0, 0.1) is 12.1 Å². The molecule has 0 fully saturated rings. The molecule has 4 heterocycles. The number of pyridine rings is 2. The third kappa shape index (κ3) is 3.20. The van der Waals surface area contributed by atoms with Crippen LogP contribution < -0.4 is 14.4 Å². The Morgan fingerprint density at radius 1 is 0.559 bits per heavy atom. The van der Waals surface area contributed by atoms with Crippen molar-refractivity contribution < 1.29 is 30.5 Å². The molecular formula is C28H15N3O2Pt. The van der Waals surface area contributed by atoms with Crippen molar-refractivity contribution in [2.24, 2.45) is 0 Å². The van der Waals surface area contributed by atoms with E-state index < -0.39 is 0 Å². The standard InChI is InChI=1S/C28H15N3O2.Pt/c1-3-14-29-20(6-1)18-10-12-24-22(16-18)31-23-17-19(21-7-2-4-15-30-21)11-13-25(23)33-27-9-5-8-26(32-24)28(27)31;/h1-15H;/q-2;+2. The molecule has 0 saturated heterocycles. The zero-order chi connectivity index (χ0) is 21.8. The average molecular weight is 621 g/mol. The minimum atomic E-state index is 0. The van der Waals surface area contributed by atoms with E-state index in [0.717, 1.165) is 51.1 Å². The second kappa shape index (κ2) is 8.12. The predicted octanol–water partition coefficient (Wildman–Crippen LogP) is 7.09. The summed E-state index contributed by atoms with van der Waals surface area (Å²) in [4.78, 5) is 11.1. The maximum absolute atomic E-state index is 6.25. The van der Waals surface area contributed by atoms with E-state index in [1.807, 2.05) is 78.9 Å². The molecule has 0 bridgehead atoms. The van der Waals surface area contributed by atoms with Crippen molar-refractivity contribution in [3.05, 3.63) is 103 Å². The van der Waals surface area contributed by atoms with E-state index in [1.165, 1.54) is 0 Å². The molecule has 0 spiro atoms. The molecule has 0 atom stereocenters.